The van der Waals surface area contributed by atoms with Crippen molar-refractivity contribution < 1.29 is 4.79 Å². The third-order valence-electron chi connectivity index (χ3n) is 3.07. The minimum atomic E-state index is -0.0145. The molecule has 0 spiro atoms. The van der Waals surface area contributed by atoms with Crippen LogP contribution in [0, 0.1) is 0 Å². The van der Waals surface area contributed by atoms with E-state index >= 15 is 0 Å². The van der Waals surface area contributed by atoms with E-state index in [2.05, 4.69) is 57.4 Å². The molecule has 2 aromatic rings. The molecule has 0 saturated carbocycles. The number of anilines is 1. The lowest BCUT2D eigenvalue weighted by molar-refractivity contribution is -0.116. The number of carbonyl (C=O) groups excluding carboxylic acids is 1. The Morgan fingerprint density at radius 3 is 2.45 bits per heavy atom. The summed E-state index contributed by atoms with van der Waals surface area (Å²) in [6, 6.07) is 12.0. The van der Waals surface area contributed by atoms with Crippen LogP contribution in [0.15, 0.2) is 47.1 Å². The van der Waals surface area contributed by atoms with E-state index in [1.807, 2.05) is 6.07 Å². The Bertz CT molecular complexity index is 564. The molecule has 0 saturated heterocycles. The second-order valence-corrected chi connectivity index (χ2v) is 5.50. The summed E-state index contributed by atoms with van der Waals surface area (Å²) in [6.07, 6.45) is 3.91. The lowest BCUT2D eigenvalue weighted by Gasteiger charge is -2.05. The van der Waals surface area contributed by atoms with Gasteiger partial charge in [-0.25, -0.2) is 4.98 Å². The molecule has 0 aliphatic carbocycles. The summed E-state index contributed by atoms with van der Waals surface area (Å²) in [5.41, 5.74) is 2.50. The Kier molecular flexibility index (Phi) is 5.30. The maximum atomic E-state index is 11.8. The maximum absolute atomic E-state index is 11.8. The number of halogens is 1. The molecule has 0 aliphatic heterocycles. The van der Waals surface area contributed by atoms with E-state index in [9.17, 15) is 4.79 Å². The summed E-state index contributed by atoms with van der Waals surface area (Å²) < 4.78 is 0.895. The van der Waals surface area contributed by atoms with Gasteiger partial charge in [-0.05, 0) is 52.0 Å². The van der Waals surface area contributed by atoms with Gasteiger partial charge >= 0.3 is 0 Å². The monoisotopic (exact) mass is 332 g/mol. The van der Waals surface area contributed by atoms with Crippen molar-refractivity contribution in [1.29, 1.82) is 0 Å². The highest BCUT2D eigenvalue weighted by molar-refractivity contribution is 9.10. The van der Waals surface area contributed by atoms with Crippen molar-refractivity contribution in [3.05, 3.63) is 58.2 Å². The first-order valence-electron chi connectivity index (χ1n) is 6.66. The van der Waals surface area contributed by atoms with Gasteiger partial charge in [0.1, 0.15) is 5.82 Å². The zero-order valence-electron chi connectivity index (χ0n) is 11.4. The Hall–Kier alpha value is -1.68. The zero-order chi connectivity index (χ0) is 14.4. The fourth-order valence-corrected chi connectivity index (χ4v) is 2.09. The highest BCUT2D eigenvalue weighted by Crippen LogP contribution is 2.11. The van der Waals surface area contributed by atoms with Crippen LogP contribution in [0.2, 0.25) is 0 Å². The van der Waals surface area contributed by atoms with E-state index in [0.29, 0.717) is 12.2 Å². The van der Waals surface area contributed by atoms with Gasteiger partial charge in [0.15, 0.2) is 0 Å². The molecule has 20 heavy (non-hydrogen) atoms. The molecule has 1 N–H and O–H groups in total. The lowest BCUT2D eigenvalue weighted by atomic mass is 10.1. The SMILES string of the molecule is CCc1ccc(CCC(=O)Nc2ccc(Br)cn2)cc1. The number of benzene rings is 1. The van der Waals surface area contributed by atoms with Crippen molar-refractivity contribution in [2.45, 2.75) is 26.2 Å². The molecule has 0 atom stereocenters. The number of nitrogens with one attached hydrogen (secondary N) is 1. The van der Waals surface area contributed by atoms with Gasteiger partial charge in [-0.3, -0.25) is 4.79 Å². The summed E-state index contributed by atoms with van der Waals surface area (Å²) >= 11 is 3.31. The van der Waals surface area contributed by atoms with E-state index in [0.717, 1.165) is 17.3 Å². The first-order valence-corrected chi connectivity index (χ1v) is 7.46. The highest BCUT2D eigenvalue weighted by Gasteiger charge is 2.04. The second kappa shape index (κ2) is 7.20. The van der Waals surface area contributed by atoms with Crippen LogP contribution in [-0.4, -0.2) is 10.9 Å². The largest absolute Gasteiger partial charge is 0.311 e. The predicted molar refractivity (Wildman–Crippen MR) is 84.7 cm³/mol. The summed E-state index contributed by atoms with van der Waals surface area (Å²) in [7, 11) is 0. The summed E-state index contributed by atoms with van der Waals surface area (Å²) in [6.45, 7) is 2.13. The number of aromatic nitrogens is 1. The molecule has 4 heteroatoms. The Balaban J connectivity index is 1.83. The number of rotatable bonds is 5. The quantitative estimate of drug-likeness (QED) is 0.899. The van der Waals surface area contributed by atoms with Gasteiger partial charge in [0, 0.05) is 17.1 Å². The molecule has 0 bridgehead atoms. The summed E-state index contributed by atoms with van der Waals surface area (Å²) in [4.78, 5) is 15.9. The fourth-order valence-electron chi connectivity index (χ4n) is 1.85. The van der Waals surface area contributed by atoms with E-state index in [1.165, 1.54) is 11.1 Å². The van der Waals surface area contributed by atoms with E-state index in [-0.39, 0.29) is 5.91 Å². The smallest absolute Gasteiger partial charge is 0.225 e. The molecule has 1 aromatic heterocycles. The van der Waals surface area contributed by atoms with Gasteiger partial charge in [-0.15, -0.1) is 0 Å². The topological polar surface area (TPSA) is 42.0 Å². The minimum Gasteiger partial charge on any atom is -0.311 e. The average molecular weight is 333 g/mol. The first-order chi connectivity index (χ1) is 9.67. The molecule has 104 valence electrons. The van der Waals surface area contributed by atoms with Crippen LogP contribution in [0.4, 0.5) is 5.82 Å². The van der Waals surface area contributed by atoms with Gasteiger partial charge in [0.05, 0.1) is 0 Å². The first kappa shape index (κ1) is 14.7. The molecular formula is C16H17BrN2O. The molecule has 2 rings (SSSR count). The Morgan fingerprint density at radius 2 is 1.85 bits per heavy atom. The van der Waals surface area contributed by atoms with Gasteiger partial charge in [0.25, 0.3) is 0 Å². The van der Waals surface area contributed by atoms with Crippen LogP contribution < -0.4 is 5.32 Å². The maximum Gasteiger partial charge on any atom is 0.225 e. The molecule has 0 fully saturated rings. The predicted octanol–water partition coefficient (Wildman–Crippen LogP) is 3.98. The van der Waals surface area contributed by atoms with Crippen LogP contribution in [0.25, 0.3) is 0 Å². The Labute approximate surface area is 127 Å². The molecule has 1 aromatic carbocycles. The number of hydrogen-bond acceptors (Lipinski definition) is 2. The third-order valence-corrected chi connectivity index (χ3v) is 3.54. The van der Waals surface area contributed by atoms with Crippen molar-refractivity contribution in [3.8, 4) is 0 Å². The molecule has 0 aliphatic rings. The number of carbonyl (C=O) groups is 1. The molecule has 3 nitrogen and oxygen atoms in total. The third kappa shape index (κ3) is 4.46. The number of hydrogen-bond donors (Lipinski definition) is 1. The normalized spacial score (nSPS) is 10.3. The van der Waals surface area contributed by atoms with Crippen LogP contribution in [0.5, 0.6) is 0 Å². The van der Waals surface area contributed by atoms with Crippen molar-refractivity contribution in [2.75, 3.05) is 5.32 Å². The van der Waals surface area contributed by atoms with Gasteiger partial charge in [-0.2, -0.15) is 0 Å². The van der Waals surface area contributed by atoms with E-state index in [4.69, 9.17) is 0 Å². The summed E-state index contributed by atoms with van der Waals surface area (Å²) in [5.74, 6) is 0.568. The molecule has 1 heterocycles. The van der Waals surface area contributed by atoms with Crippen LogP contribution in [0.1, 0.15) is 24.5 Å². The van der Waals surface area contributed by atoms with Crippen molar-refractivity contribution in [1.82, 2.24) is 4.98 Å². The average Bonchev–Trinajstić information content (AvgIpc) is 2.48. The summed E-state index contributed by atoms with van der Waals surface area (Å²) in [5, 5.41) is 2.79. The van der Waals surface area contributed by atoms with Crippen molar-refractivity contribution in [3.63, 3.8) is 0 Å². The number of nitrogens with zero attached hydrogens (tertiary/aromatic N) is 1. The number of aryl methyl sites for hydroxylation is 2. The van der Waals surface area contributed by atoms with Crippen molar-refractivity contribution >= 4 is 27.7 Å². The Morgan fingerprint density at radius 1 is 1.15 bits per heavy atom. The zero-order valence-corrected chi connectivity index (χ0v) is 13.0. The number of amides is 1. The van der Waals surface area contributed by atoms with Crippen LogP contribution >= 0.6 is 15.9 Å². The molecule has 1 amide bonds. The molecule has 0 radical (unpaired) electrons. The van der Waals surface area contributed by atoms with E-state index < -0.39 is 0 Å². The van der Waals surface area contributed by atoms with Crippen LogP contribution in [0.3, 0.4) is 0 Å². The minimum absolute atomic E-state index is 0.0145. The number of pyridine rings is 1. The standard InChI is InChI=1S/C16H17BrN2O/c1-2-12-3-5-13(6-4-12)7-10-16(20)19-15-9-8-14(17)11-18-15/h3-6,8-9,11H,2,7,10H2,1H3,(H,18,19,20). The van der Waals surface area contributed by atoms with Gasteiger partial charge < -0.3 is 5.32 Å². The van der Waals surface area contributed by atoms with Crippen LogP contribution in [-0.2, 0) is 17.6 Å². The fraction of sp³-hybridized carbons (Fsp3) is 0.250. The van der Waals surface area contributed by atoms with Crippen molar-refractivity contribution in [2.24, 2.45) is 0 Å². The highest BCUT2D eigenvalue weighted by atomic mass is 79.9. The van der Waals surface area contributed by atoms with Gasteiger partial charge in [0.2, 0.25) is 5.91 Å². The lowest BCUT2D eigenvalue weighted by Crippen LogP contribution is -2.13. The van der Waals surface area contributed by atoms with E-state index in [1.54, 1.807) is 12.3 Å². The second-order valence-electron chi connectivity index (χ2n) is 4.58. The van der Waals surface area contributed by atoms with Gasteiger partial charge in [-0.1, -0.05) is 31.2 Å². The molecular weight excluding hydrogens is 316 g/mol. The molecule has 0 unspecified atom stereocenters.